The van der Waals surface area contributed by atoms with Crippen molar-refractivity contribution in [3.05, 3.63) is 34.3 Å². The monoisotopic (exact) mass is 238 g/mol. The Kier molecular flexibility index (Phi) is 2.50. The highest BCUT2D eigenvalue weighted by Crippen LogP contribution is 2.44. The first kappa shape index (κ1) is 11.1. The second-order valence-corrected chi connectivity index (χ2v) is 4.67. The number of rotatable bonds is 2. The molecule has 0 aromatic heterocycles. The third-order valence-electron chi connectivity index (χ3n) is 3.05. The van der Waals surface area contributed by atoms with Crippen LogP contribution in [0, 0.1) is 6.92 Å². The van der Waals surface area contributed by atoms with E-state index in [9.17, 15) is 14.7 Å². The molecule has 1 N–H and O–H groups in total. The van der Waals surface area contributed by atoms with E-state index in [1.807, 2.05) is 13.0 Å². The van der Waals surface area contributed by atoms with Crippen molar-refractivity contribution in [1.29, 1.82) is 0 Å². The number of aliphatic carboxylic acids is 1. The lowest BCUT2D eigenvalue weighted by Crippen LogP contribution is -2.48. The summed E-state index contributed by atoms with van der Waals surface area (Å²) in [5.74, 6) is -1.00. The maximum atomic E-state index is 11.3. The summed E-state index contributed by atoms with van der Waals surface area (Å²) in [7, 11) is 0. The molecular formula is C12H11ClO3. The minimum Gasteiger partial charge on any atom is -0.481 e. The van der Waals surface area contributed by atoms with Crippen LogP contribution in [-0.2, 0) is 15.0 Å². The highest BCUT2D eigenvalue weighted by atomic mass is 35.5. The number of carboxylic acid groups (broad SMARTS) is 1. The molecule has 3 nitrogen and oxygen atoms in total. The van der Waals surface area contributed by atoms with Crippen LogP contribution in [0.15, 0.2) is 18.2 Å². The maximum Gasteiger partial charge on any atom is 0.315 e. The number of hydrogen-bond donors (Lipinski definition) is 1. The number of Topliss-reactive ketones (excluding diaryl/α,β-unsaturated/α-hetero) is 1. The molecule has 0 saturated heterocycles. The van der Waals surface area contributed by atoms with Gasteiger partial charge in [0, 0.05) is 17.9 Å². The zero-order valence-electron chi connectivity index (χ0n) is 8.79. The predicted molar refractivity (Wildman–Crippen MR) is 59.7 cm³/mol. The quantitative estimate of drug-likeness (QED) is 0.860. The van der Waals surface area contributed by atoms with E-state index in [2.05, 4.69) is 0 Å². The van der Waals surface area contributed by atoms with Gasteiger partial charge in [0.05, 0.1) is 0 Å². The number of benzene rings is 1. The summed E-state index contributed by atoms with van der Waals surface area (Å²) in [6, 6.07) is 5.25. The molecule has 1 aliphatic carbocycles. The van der Waals surface area contributed by atoms with Crippen LogP contribution < -0.4 is 0 Å². The number of carboxylic acids is 1. The van der Waals surface area contributed by atoms with Gasteiger partial charge in [-0.3, -0.25) is 9.59 Å². The molecule has 0 aliphatic heterocycles. The SMILES string of the molecule is Cc1ccc(C2(C(=O)O)CC(=O)C2)c(Cl)c1. The molecule has 1 fully saturated rings. The van der Waals surface area contributed by atoms with Gasteiger partial charge in [-0.2, -0.15) is 0 Å². The summed E-state index contributed by atoms with van der Waals surface area (Å²) < 4.78 is 0. The van der Waals surface area contributed by atoms with Crippen LogP contribution in [0.2, 0.25) is 5.02 Å². The first-order chi connectivity index (χ1) is 7.45. The Morgan fingerprint density at radius 3 is 2.50 bits per heavy atom. The van der Waals surface area contributed by atoms with Gasteiger partial charge in [0.15, 0.2) is 0 Å². The molecule has 1 aromatic rings. The number of ketones is 1. The van der Waals surface area contributed by atoms with Crippen LogP contribution in [0.25, 0.3) is 0 Å². The molecule has 0 atom stereocenters. The van der Waals surface area contributed by atoms with Crippen molar-refractivity contribution in [2.45, 2.75) is 25.2 Å². The summed E-state index contributed by atoms with van der Waals surface area (Å²) in [5, 5.41) is 9.66. The topological polar surface area (TPSA) is 54.4 Å². The summed E-state index contributed by atoms with van der Waals surface area (Å²) in [6.07, 6.45) is 0.0935. The molecule has 1 aliphatic rings. The molecule has 84 valence electrons. The van der Waals surface area contributed by atoms with Gasteiger partial charge in [-0.25, -0.2) is 0 Å². The molecule has 0 radical (unpaired) electrons. The molecular weight excluding hydrogens is 228 g/mol. The molecule has 0 heterocycles. The minimum atomic E-state index is -1.10. The normalized spacial score (nSPS) is 18.0. The number of halogens is 1. The van der Waals surface area contributed by atoms with Gasteiger partial charge < -0.3 is 5.11 Å². The van der Waals surface area contributed by atoms with Crippen LogP contribution in [0.1, 0.15) is 24.0 Å². The predicted octanol–water partition coefficient (Wildman–Crippen LogP) is 2.33. The van der Waals surface area contributed by atoms with E-state index in [4.69, 9.17) is 11.6 Å². The lowest BCUT2D eigenvalue weighted by Gasteiger charge is -2.37. The maximum absolute atomic E-state index is 11.3. The molecule has 0 spiro atoms. The molecule has 4 heteroatoms. The summed E-state index contributed by atoms with van der Waals surface area (Å²) >= 11 is 6.04. The average Bonchev–Trinajstić information content (AvgIpc) is 2.12. The largest absolute Gasteiger partial charge is 0.481 e. The van der Waals surface area contributed by atoms with Crippen LogP contribution in [0.3, 0.4) is 0 Å². The van der Waals surface area contributed by atoms with Crippen LogP contribution in [0.4, 0.5) is 0 Å². The molecule has 0 amide bonds. The van der Waals surface area contributed by atoms with Gasteiger partial charge in [0.2, 0.25) is 0 Å². The van der Waals surface area contributed by atoms with Gasteiger partial charge in [-0.1, -0.05) is 23.7 Å². The number of carbonyl (C=O) groups excluding carboxylic acids is 1. The summed E-state index contributed by atoms with van der Waals surface area (Å²) in [4.78, 5) is 22.3. The molecule has 0 bridgehead atoms. The van der Waals surface area contributed by atoms with Crippen molar-refractivity contribution < 1.29 is 14.7 Å². The molecule has 1 aromatic carbocycles. The Morgan fingerprint density at radius 1 is 1.44 bits per heavy atom. The van der Waals surface area contributed by atoms with Crippen molar-refractivity contribution >= 4 is 23.4 Å². The van der Waals surface area contributed by atoms with E-state index >= 15 is 0 Å². The fraction of sp³-hybridized carbons (Fsp3) is 0.333. The molecule has 16 heavy (non-hydrogen) atoms. The number of hydrogen-bond acceptors (Lipinski definition) is 2. The highest BCUT2D eigenvalue weighted by Gasteiger charge is 2.52. The smallest absolute Gasteiger partial charge is 0.315 e. The van der Waals surface area contributed by atoms with Gasteiger partial charge in [0.1, 0.15) is 11.2 Å². The van der Waals surface area contributed by atoms with Crippen molar-refractivity contribution in [1.82, 2.24) is 0 Å². The van der Waals surface area contributed by atoms with E-state index in [-0.39, 0.29) is 18.6 Å². The van der Waals surface area contributed by atoms with Crippen molar-refractivity contribution in [3.63, 3.8) is 0 Å². The third kappa shape index (κ3) is 1.52. The van der Waals surface area contributed by atoms with Gasteiger partial charge in [0.25, 0.3) is 0 Å². The lowest BCUT2D eigenvalue weighted by atomic mass is 9.63. The van der Waals surface area contributed by atoms with E-state index < -0.39 is 11.4 Å². The van der Waals surface area contributed by atoms with E-state index in [1.165, 1.54) is 0 Å². The van der Waals surface area contributed by atoms with Gasteiger partial charge in [-0.05, 0) is 24.1 Å². The first-order valence-electron chi connectivity index (χ1n) is 4.97. The standard InChI is InChI=1S/C12H11ClO3/c1-7-2-3-9(10(13)4-7)12(11(15)16)5-8(14)6-12/h2-4H,5-6H2,1H3,(H,15,16). The number of aryl methyl sites for hydroxylation is 1. The molecule has 2 rings (SSSR count). The van der Waals surface area contributed by atoms with Crippen LogP contribution in [0.5, 0.6) is 0 Å². The highest BCUT2D eigenvalue weighted by molar-refractivity contribution is 6.32. The summed E-state index contributed by atoms with van der Waals surface area (Å²) in [5.41, 5.74) is 0.425. The molecule has 1 saturated carbocycles. The zero-order chi connectivity index (χ0) is 11.9. The average molecular weight is 239 g/mol. The van der Waals surface area contributed by atoms with Gasteiger partial charge in [-0.15, -0.1) is 0 Å². The lowest BCUT2D eigenvalue weighted by molar-refractivity contribution is -0.153. The van der Waals surface area contributed by atoms with E-state index in [0.717, 1.165) is 5.56 Å². The minimum absolute atomic E-state index is 0.0287. The van der Waals surface area contributed by atoms with Crippen molar-refractivity contribution in [2.75, 3.05) is 0 Å². The fourth-order valence-corrected chi connectivity index (χ4v) is 2.50. The fourth-order valence-electron chi connectivity index (χ4n) is 2.09. The summed E-state index contributed by atoms with van der Waals surface area (Å²) in [6.45, 7) is 1.88. The second-order valence-electron chi connectivity index (χ2n) is 4.26. The van der Waals surface area contributed by atoms with Crippen molar-refractivity contribution in [3.8, 4) is 0 Å². The Balaban J connectivity index is 2.49. The van der Waals surface area contributed by atoms with Crippen molar-refractivity contribution in [2.24, 2.45) is 0 Å². The van der Waals surface area contributed by atoms with E-state index in [0.29, 0.717) is 10.6 Å². The van der Waals surface area contributed by atoms with Crippen LogP contribution in [-0.4, -0.2) is 16.9 Å². The molecule has 0 unspecified atom stereocenters. The first-order valence-corrected chi connectivity index (χ1v) is 5.35. The Labute approximate surface area is 98.0 Å². The van der Waals surface area contributed by atoms with Crippen LogP contribution >= 0.6 is 11.6 Å². The zero-order valence-corrected chi connectivity index (χ0v) is 9.54. The van der Waals surface area contributed by atoms with Gasteiger partial charge >= 0.3 is 5.97 Å². The Morgan fingerprint density at radius 2 is 2.06 bits per heavy atom. The van der Waals surface area contributed by atoms with E-state index in [1.54, 1.807) is 12.1 Å². The number of carbonyl (C=O) groups is 2. The third-order valence-corrected chi connectivity index (χ3v) is 3.36. The Bertz CT molecular complexity index is 471. The second kappa shape index (κ2) is 3.59. The Hall–Kier alpha value is -1.35.